The molecule has 3 N–H and O–H groups in total. The van der Waals surface area contributed by atoms with Crippen molar-refractivity contribution in [2.45, 2.75) is 64.0 Å². The topological polar surface area (TPSA) is 88.0 Å². The van der Waals surface area contributed by atoms with Gasteiger partial charge in [-0.05, 0) is 69.0 Å². The molecular formula is C24H30F3NO5. The fourth-order valence-corrected chi connectivity index (χ4v) is 3.12. The lowest BCUT2D eigenvalue weighted by molar-refractivity contribution is -0.137. The van der Waals surface area contributed by atoms with Crippen molar-refractivity contribution < 1.29 is 37.7 Å². The number of alkyl carbamates (subject to hydrolysis) is 1. The smallest absolute Gasteiger partial charge is 0.416 e. The Kier molecular flexibility index (Phi) is 8.74. The number of nitrogens with one attached hydrogen (secondary N) is 1. The zero-order valence-electron chi connectivity index (χ0n) is 19.0. The van der Waals surface area contributed by atoms with Gasteiger partial charge in [0.25, 0.3) is 0 Å². The Bertz CT molecular complexity index is 910. The van der Waals surface area contributed by atoms with Gasteiger partial charge in [0.1, 0.15) is 17.1 Å². The molecule has 0 aliphatic rings. The molecule has 2 aromatic carbocycles. The number of ether oxygens (including phenoxy) is 2. The normalized spacial score (nSPS) is 14.8. The highest BCUT2D eigenvalue weighted by Crippen LogP contribution is 2.33. The van der Waals surface area contributed by atoms with Gasteiger partial charge >= 0.3 is 12.3 Å². The van der Waals surface area contributed by atoms with Crippen molar-refractivity contribution in [2.24, 2.45) is 0 Å². The molecular weight excluding hydrogens is 439 g/mol. The van der Waals surface area contributed by atoms with E-state index in [1.54, 1.807) is 45.0 Å². The van der Waals surface area contributed by atoms with E-state index < -0.39 is 42.2 Å². The lowest BCUT2D eigenvalue weighted by Crippen LogP contribution is -2.47. The van der Waals surface area contributed by atoms with Crippen molar-refractivity contribution in [1.82, 2.24) is 5.32 Å². The molecule has 0 aromatic heterocycles. The zero-order chi connectivity index (χ0) is 24.8. The predicted octanol–water partition coefficient (Wildman–Crippen LogP) is 5.24. The summed E-state index contributed by atoms with van der Waals surface area (Å²) in [5, 5.41) is 22.5. The van der Waals surface area contributed by atoms with E-state index in [2.05, 4.69) is 5.32 Å². The molecule has 0 aliphatic carbocycles. The van der Waals surface area contributed by atoms with Gasteiger partial charge in [-0.3, -0.25) is 0 Å². The first-order valence-electron chi connectivity index (χ1n) is 10.5. The van der Waals surface area contributed by atoms with Crippen molar-refractivity contribution in [3.05, 3.63) is 59.7 Å². The number of carbonyl (C=O) groups is 1. The number of hydrogen-bond donors (Lipinski definition) is 3. The molecule has 2 rings (SSSR count). The Balaban J connectivity index is 1.97. The second kappa shape index (κ2) is 10.9. The number of halogens is 3. The molecule has 2 aromatic rings. The lowest BCUT2D eigenvalue weighted by Gasteiger charge is -2.27. The molecule has 182 valence electrons. The van der Waals surface area contributed by atoms with Crippen LogP contribution in [-0.2, 0) is 10.9 Å². The Hall–Kier alpha value is -2.78. The summed E-state index contributed by atoms with van der Waals surface area (Å²) >= 11 is 0. The number of rotatable bonds is 8. The fraction of sp³-hybridized carbons (Fsp3) is 0.458. The molecule has 0 aliphatic heterocycles. The number of aliphatic hydroxyl groups excluding tert-OH is 2. The minimum atomic E-state index is -4.45. The molecule has 0 radical (unpaired) electrons. The molecule has 3 atom stereocenters. The fourth-order valence-electron chi connectivity index (χ4n) is 3.12. The summed E-state index contributed by atoms with van der Waals surface area (Å²) in [5.74, 6) is 0.294. The highest BCUT2D eigenvalue weighted by Gasteiger charge is 2.30. The van der Waals surface area contributed by atoms with Crippen molar-refractivity contribution in [3.8, 4) is 11.5 Å². The van der Waals surface area contributed by atoms with E-state index in [9.17, 15) is 28.2 Å². The van der Waals surface area contributed by atoms with E-state index in [-0.39, 0.29) is 18.1 Å². The van der Waals surface area contributed by atoms with Gasteiger partial charge in [-0.2, -0.15) is 13.2 Å². The monoisotopic (exact) mass is 469 g/mol. The number of aliphatic hydroxyl groups is 2. The molecule has 0 saturated carbocycles. The van der Waals surface area contributed by atoms with E-state index in [1.165, 1.54) is 12.1 Å². The Morgan fingerprint density at radius 3 is 2.24 bits per heavy atom. The van der Waals surface area contributed by atoms with Crippen LogP contribution in [0.15, 0.2) is 48.5 Å². The molecule has 0 heterocycles. The lowest BCUT2D eigenvalue weighted by atomic mass is 9.92. The quantitative estimate of drug-likeness (QED) is 0.492. The van der Waals surface area contributed by atoms with Crippen LogP contribution in [0.25, 0.3) is 0 Å². The molecule has 0 saturated heterocycles. The van der Waals surface area contributed by atoms with E-state index in [0.29, 0.717) is 5.75 Å². The third-order valence-corrected chi connectivity index (χ3v) is 4.80. The summed E-state index contributed by atoms with van der Waals surface area (Å²) in [4.78, 5) is 11.9. The van der Waals surface area contributed by atoms with Crippen LogP contribution in [-0.4, -0.2) is 40.7 Å². The summed E-state index contributed by atoms with van der Waals surface area (Å²) in [6.07, 6.45) is -5.97. The summed E-state index contributed by atoms with van der Waals surface area (Å²) in [6, 6.07) is 10.5. The molecule has 6 nitrogen and oxygen atoms in total. The van der Waals surface area contributed by atoms with Gasteiger partial charge in [0.05, 0.1) is 24.3 Å². The third kappa shape index (κ3) is 8.58. The van der Waals surface area contributed by atoms with Crippen LogP contribution < -0.4 is 10.1 Å². The minimum Gasteiger partial charge on any atom is -0.457 e. The van der Waals surface area contributed by atoms with E-state index >= 15 is 0 Å². The van der Waals surface area contributed by atoms with E-state index in [4.69, 9.17) is 9.47 Å². The molecule has 9 heteroatoms. The van der Waals surface area contributed by atoms with Crippen molar-refractivity contribution >= 4 is 6.09 Å². The van der Waals surface area contributed by atoms with Crippen LogP contribution in [0.2, 0.25) is 0 Å². The van der Waals surface area contributed by atoms with Crippen LogP contribution in [0.1, 0.15) is 51.2 Å². The second-order valence-corrected chi connectivity index (χ2v) is 8.84. The Morgan fingerprint density at radius 2 is 1.70 bits per heavy atom. The molecule has 33 heavy (non-hydrogen) atoms. The predicted molar refractivity (Wildman–Crippen MR) is 117 cm³/mol. The maximum atomic E-state index is 12.9. The maximum absolute atomic E-state index is 12.9. The van der Waals surface area contributed by atoms with Crippen LogP contribution in [0.5, 0.6) is 11.5 Å². The van der Waals surface area contributed by atoms with Gasteiger partial charge in [0, 0.05) is 0 Å². The largest absolute Gasteiger partial charge is 0.457 e. The number of amides is 1. The Morgan fingerprint density at radius 1 is 1.06 bits per heavy atom. The first kappa shape index (κ1) is 26.5. The minimum absolute atomic E-state index is 0.0695. The van der Waals surface area contributed by atoms with Crippen LogP contribution in [0.4, 0.5) is 18.0 Å². The average molecular weight is 470 g/mol. The summed E-state index contributed by atoms with van der Waals surface area (Å²) in [6.45, 7) is 6.53. The summed E-state index contributed by atoms with van der Waals surface area (Å²) in [7, 11) is 0. The maximum Gasteiger partial charge on any atom is 0.416 e. The zero-order valence-corrected chi connectivity index (χ0v) is 19.0. The van der Waals surface area contributed by atoms with E-state index in [1.807, 2.05) is 6.92 Å². The molecule has 0 spiro atoms. The van der Waals surface area contributed by atoms with Gasteiger partial charge in [-0.25, -0.2) is 4.79 Å². The molecule has 1 amide bonds. The van der Waals surface area contributed by atoms with Crippen LogP contribution >= 0.6 is 0 Å². The average Bonchev–Trinajstić information content (AvgIpc) is 2.70. The third-order valence-electron chi connectivity index (χ3n) is 4.80. The summed E-state index contributed by atoms with van der Waals surface area (Å²) in [5.41, 5.74) is -0.655. The van der Waals surface area contributed by atoms with Gasteiger partial charge < -0.3 is 25.0 Å². The van der Waals surface area contributed by atoms with E-state index in [0.717, 1.165) is 17.7 Å². The first-order chi connectivity index (χ1) is 15.3. The number of benzene rings is 2. The Labute approximate surface area is 191 Å². The van der Waals surface area contributed by atoms with Gasteiger partial charge in [0.15, 0.2) is 0 Å². The van der Waals surface area contributed by atoms with Crippen molar-refractivity contribution in [1.29, 1.82) is 0 Å². The SMILES string of the molecule is CC(CC(O)C(CO)NC(=O)OC(C)(C)C)c1ccc(Oc2cccc(C(F)(F)F)c2)cc1. The highest BCUT2D eigenvalue weighted by molar-refractivity contribution is 5.68. The second-order valence-electron chi connectivity index (χ2n) is 8.84. The van der Waals surface area contributed by atoms with Gasteiger partial charge in [-0.15, -0.1) is 0 Å². The number of carbonyl (C=O) groups excluding carboxylic acids is 1. The molecule has 3 unspecified atom stereocenters. The first-order valence-corrected chi connectivity index (χ1v) is 10.5. The van der Waals surface area contributed by atoms with Crippen LogP contribution in [0, 0.1) is 0 Å². The number of alkyl halides is 3. The highest BCUT2D eigenvalue weighted by atomic mass is 19.4. The van der Waals surface area contributed by atoms with Gasteiger partial charge in [-0.1, -0.05) is 25.1 Å². The number of hydrogen-bond acceptors (Lipinski definition) is 5. The van der Waals surface area contributed by atoms with Gasteiger partial charge in [0.2, 0.25) is 0 Å². The molecule has 0 fully saturated rings. The van der Waals surface area contributed by atoms with Crippen LogP contribution in [0.3, 0.4) is 0 Å². The van der Waals surface area contributed by atoms with Crippen molar-refractivity contribution in [2.75, 3.05) is 6.61 Å². The molecule has 0 bridgehead atoms. The summed E-state index contributed by atoms with van der Waals surface area (Å²) < 4.78 is 49.2. The van der Waals surface area contributed by atoms with Crippen molar-refractivity contribution in [3.63, 3.8) is 0 Å². The standard InChI is InChI=1S/C24H30F3NO5/c1-15(12-21(30)20(14-29)28-22(31)33-23(2,3)4)16-8-10-18(11-9-16)32-19-7-5-6-17(13-19)24(25,26)27/h5-11,13,15,20-21,29-30H,12,14H2,1-4H3,(H,28,31).